The van der Waals surface area contributed by atoms with Gasteiger partial charge in [0.2, 0.25) is 5.91 Å². The Balaban J connectivity index is 0.00000400. The molecule has 7 heteroatoms. The quantitative estimate of drug-likeness (QED) is 0.243. The third-order valence-corrected chi connectivity index (χ3v) is 3.86. The normalized spacial score (nSPS) is 17.9. The van der Waals surface area contributed by atoms with Crippen molar-refractivity contribution < 1.29 is 9.53 Å². The van der Waals surface area contributed by atoms with Crippen LogP contribution in [0.1, 0.15) is 45.4 Å². The lowest BCUT2D eigenvalue weighted by atomic mass is 9.79. The zero-order valence-corrected chi connectivity index (χ0v) is 15.2. The van der Waals surface area contributed by atoms with Gasteiger partial charge in [-0.2, -0.15) is 0 Å². The molecule has 0 spiro atoms. The zero-order valence-electron chi connectivity index (χ0n) is 12.9. The zero-order chi connectivity index (χ0) is 14.8. The number of unbranched alkanes of at least 4 members (excludes halogenated alkanes) is 3. The number of hydrogen-bond donors (Lipinski definition) is 3. The molecule has 0 bridgehead atoms. The van der Waals surface area contributed by atoms with E-state index in [1.54, 1.807) is 0 Å². The number of aliphatic imine (C=N–C) groups is 1. The summed E-state index contributed by atoms with van der Waals surface area (Å²) in [6, 6.07) is 0. The van der Waals surface area contributed by atoms with E-state index in [0.717, 1.165) is 13.0 Å². The van der Waals surface area contributed by atoms with Crippen LogP contribution in [0.2, 0.25) is 0 Å². The first-order chi connectivity index (χ1) is 9.60. The van der Waals surface area contributed by atoms with E-state index in [1.807, 2.05) is 0 Å². The van der Waals surface area contributed by atoms with Gasteiger partial charge < -0.3 is 21.5 Å². The van der Waals surface area contributed by atoms with Crippen LogP contribution < -0.4 is 16.8 Å². The number of ether oxygens (including phenoxy) is 1. The van der Waals surface area contributed by atoms with Gasteiger partial charge in [0.15, 0.2) is 5.96 Å². The number of primary amides is 1. The molecule has 6 nitrogen and oxygen atoms in total. The Kier molecular flexibility index (Phi) is 10.8. The molecule has 1 heterocycles. The van der Waals surface area contributed by atoms with Crippen LogP contribution in [-0.2, 0) is 9.53 Å². The molecule has 1 rings (SSSR count). The van der Waals surface area contributed by atoms with Crippen molar-refractivity contribution in [1.82, 2.24) is 5.32 Å². The summed E-state index contributed by atoms with van der Waals surface area (Å²) >= 11 is 0. The fourth-order valence-electron chi connectivity index (χ4n) is 2.31. The molecule has 5 N–H and O–H groups in total. The van der Waals surface area contributed by atoms with Crippen molar-refractivity contribution in [3.63, 3.8) is 0 Å². The fourth-order valence-corrected chi connectivity index (χ4v) is 2.31. The average Bonchev–Trinajstić information content (AvgIpc) is 2.46. The Hall–Kier alpha value is -0.570. The lowest BCUT2D eigenvalue weighted by Crippen LogP contribution is -2.45. The van der Waals surface area contributed by atoms with Gasteiger partial charge in [-0.15, -0.1) is 24.0 Å². The first kappa shape index (κ1) is 20.4. The number of nitrogens with one attached hydrogen (secondary N) is 1. The second-order valence-corrected chi connectivity index (χ2v) is 5.45. The van der Waals surface area contributed by atoms with Crippen LogP contribution in [0.5, 0.6) is 0 Å². The van der Waals surface area contributed by atoms with Crippen LogP contribution in [-0.4, -0.2) is 38.2 Å². The fraction of sp³-hybridized carbons (Fsp3) is 0.857. The first-order valence-electron chi connectivity index (χ1n) is 7.52. The summed E-state index contributed by atoms with van der Waals surface area (Å²) in [5, 5.41) is 3.08. The molecule has 0 aromatic heterocycles. The molecule has 124 valence electrons. The Labute approximate surface area is 144 Å². The van der Waals surface area contributed by atoms with E-state index in [0.29, 0.717) is 38.6 Å². The summed E-state index contributed by atoms with van der Waals surface area (Å²) in [7, 11) is 0. The van der Waals surface area contributed by atoms with Crippen molar-refractivity contribution in [3.05, 3.63) is 0 Å². The number of halogens is 1. The highest BCUT2D eigenvalue weighted by atomic mass is 127. The summed E-state index contributed by atoms with van der Waals surface area (Å²) in [6.45, 7) is 4.47. The number of hydrogen-bond acceptors (Lipinski definition) is 3. The molecule has 21 heavy (non-hydrogen) atoms. The molecule has 1 saturated heterocycles. The molecule has 0 aliphatic carbocycles. The van der Waals surface area contributed by atoms with Gasteiger partial charge in [-0.05, 0) is 19.3 Å². The van der Waals surface area contributed by atoms with Gasteiger partial charge in [-0.1, -0.05) is 26.2 Å². The van der Waals surface area contributed by atoms with Gasteiger partial charge in [0.1, 0.15) is 0 Å². The minimum absolute atomic E-state index is 0. The Morgan fingerprint density at radius 2 is 1.90 bits per heavy atom. The molecular formula is C14H29IN4O2. The highest BCUT2D eigenvalue weighted by Crippen LogP contribution is 2.30. The topological polar surface area (TPSA) is 103 Å². The van der Waals surface area contributed by atoms with Crippen LogP contribution in [0.3, 0.4) is 0 Å². The van der Waals surface area contributed by atoms with Gasteiger partial charge in [0, 0.05) is 19.8 Å². The highest BCUT2D eigenvalue weighted by Gasteiger charge is 2.38. The third-order valence-electron chi connectivity index (χ3n) is 3.86. The molecule has 1 aliphatic rings. The highest BCUT2D eigenvalue weighted by molar-refractivity contribution is 14.0. The summed E-state index contributed by atoms with van der Waals surface area (Å²) in [4.78, 5) is 15.9. The predicted octanol–water partition coefficient (Wildman–Crippen LogP) is 1.37. The van der Waals surface area contributed by atoms with Crippen LogP contribution >= 0.6 is 24.0 Å². The number of carbonyl (C=O) groups excluding carboxylic acids is 1. The molecule has 1 aliphatic heterocycles. The summed E-state index contributed by atoms with van der Waals surface area (Å²) in [5.74, 6) is 0.0916. The number of nitrogens with zero attached hydrogens (tertiary/aromatic N) is 1. The van der Waals surface area contributed by atoms with E-state index < -0.39 is 5.41 Å². The average molecular weight is 412 g/mol. The number of carbonyl (C=O) groups is 1. The molecule has 0 atom stereocenters. The van der Waals surface area contributed by atoms with Crippen molar-refractivity contribution in [2.75, 3.05) is 26.3 Å². The van der Waals surface area contributed by atoms with E-state index in [9.17, 15) is 4.79 Å². The van der Waals surface area contributed by atoms with Crippen molar-refractivity contribution in [3.8, 4) is 0 Å². The van der Waals surface area contributed by atoms with Gasteiger partial charge in [0.05, 0.1) is 12.0 Å². The van der Waals surface area contributed by atoms with E-state index in [2.05, 4.69) is 17.2 Å². The van der Waals surface area contributed by atoms with Gasteiger partial charge in [0.25, 0.3) is 0 Å². The summed E-state index contributed by atoms with van der Waals surface area (Å²) in [5.41, 5.74) is 10.7. The standard InChI is InChI=1S/C14H28N4O2.HI/c1-2-3-4-5-8-17-13(16)18-11-14(12(15)19)6-9-20-10-7-14;/h2-11H2,1H3,(H2,15,19)(H3,16,17,18);1H. The molecule has 0 aromatic carbocycles. The van der Waals surface area contributed by atoms with Crippen LogP contribution in [0.15, 0.2) is 4.99 Å². The maximum absolute atomic E-state index is 11.7. The summed E-state index contributed by atoms with van der Waals surface area (Å²) < 4.78 is 5.28. The molecular weight excluding hydrogens is 383 g/mol. The van der Waals surface area contributed by atoms with Gasteiger partial charge >= 0.3 is 0 Å². The molecule has 0 saturated carbocycles. The number of amides is 1. The minimum atomic E-state index is -0.591. The smallest absolute Gasteiger partial charge is 0.225 e. The van der Waals surface area contributed by atoms with Crippen molar-refractivity contribution in [1.29, 1.82) is 0 Å². The minimum Gasteiger partial charge on any atom is -0.381 e. The van der Waals surface area contributed by atoms with Crippen molar-refractivity contribution in [2.24, 2.45) is 21.9 Å². The number of rotatable bonds is 8. The maximum atomic E-state index is 11.7. The Bertz CT molecular complexity index is 331. The van der Waals surface area contributed by atoms with Crippen molar-refractivity contribution in [2.45, 2.75) is 45.4 Å². The van der Waals surface area contributed by atoms with Gasteiger partial charge in [-0.25, -0.2) is 0 Å². The van der Waals surface area contributed by atoms with Crippen LogP contribution in [0.4, 0.5) is 0 Å². The first-order valence-corrected chi connectivity index (χ1v) is 7.52. The lowest BCUT2D eigenvalue weighted by Gasteiger charge is -2.32. The van der Waals surface area contributed by atoms with E-state index in [1.165, 1.54) is 19.3 Å². The van der Waals surface area contributed by atoms with E-state index in [-0.39, 0.29) is 29.9 Å². The summed E-state index contributed by atoms with van der Waals surface area (Å²) in [6.07, 6.45) is 5.97. The number of guanidine groups is 1. The predicted molar refractivity (Wildman–Crippen MR) is 95.7 cm³/mol. The Morgan fingerprint density at radius 1 is 1.24 bits per heavy atom. The van der Waals surface area contributed by atoms with E-state index in [4.69, 9.17) is 16.2 Å². The second-order valence-electron chi connectivity index (χ2n) is 5.45. The van der Waals surface area contributed by atoms with Crippen molar-refractivity contribution >= 4 is 35.8 Å². The second kappa shape index (κ2) is 11.1. The molecule has 1 fully saturated rings. The lowest BCUT2D eigenvalue weighted by molar-refractivity contribution is -0.132. The monoisotopic (exact) mass is 412 g/mol. The Morgan fingerprint density at radius 3 is 2.48 bits per heavy atom. The largest absolute Gasteiger partial charge is 0.381 e. The van der Waals surface area contributed by atoms with E-state index >= 15 is 0 Å². The molecule has 0 unspecified atom stereocenters. The molecule has 0 radical (unpaired) electrons. The number of nitrogens with two attached hydrogens (primary N) is 2. The molecule has 0 aromatic rings. The van der Waals surface area contributed by atoms with Crippen LogP contribution in [0.25, 0.3) is 0 Å². The third kappa shape index (κ3) is 7.30. The maximum Gasteiger partial charge on any atom is 0.225 e. The molecule has 1 amide bonds. The van der Waals surface area contributed by atoms with Gasteiger partial charge in [-0.3, -0.25) is 9.79 Å². The van der Waals surface area contributed by atoms with Crippen LogP contribution in [0, 0.1) is 5.41 Å². The SMILES string of the molecule is CCCCCCNC(N)=NCC1(C(N)=O)CCOCC1.I.